The van der Waals surface area contributed by atoms with E-state index in [2.05, 4.69) is 16.0 Å². The lowest BCUT2D eigenvalue weighted by Crippen LogP contribution is -2.56. The Morgan fingerprint density at radius 3 is 1.91 bits per heavy atom. The molecule has 0 heterocycles. The number of benzene rings is 3. The maximum atomic E-state index is 13.6. The van der Waals surface area contributed by atoms with Gasteiger partial charge in [-0.05, 0) is 75.3 Å². The number of ether oxygens (including phenoxy) is 3. The van der Waals surface area contributed by atoms with Gasteiger partial charge in [0.15, 0.2) is 0 Å². The Morgan fingerprint density at radius 2 is 1.34 bits per heavy atom. The number of imide groups is 1. The van der Waals surface area contributed by atoms with Crippen LogP contribution < -0.4 is 26.4 Å². The third-order valence-corrected chi connectivity index (χ3v) is 8.12. The lowest BCUT2D eigenvalue weighted by molar-refractivity contribution is -0.148. The summed E-state index contributed by atoms with van der Waals surface area (Å²) in [4.78, 5) is 80.0. The number of nitrogens with two attached hydrogens (primary N) is 1. The number of hydrogen-bond donors (Lipinski definition) is 4. The second kappa shape index (κ2) is 22.0. The number of hydrogen-bond acceptors (Lipinski definition) is 10. The topological polar surface area (TPSA) is 195 Å². The summed E-state index contributed by atoms with van der Waals surface area (Å²) in [5.74, 6) is -3.06. The number of carbonyl (C=O) groups is 6. The van der Waals surface area contributed by atoms with E-state index in [0.717, 1.165) is 11.1 Å². The lowest BCUT2D eigenvalue weighted by atomic mass is 10.0. The number of nitrogens with zero attached hydrogens (tertiary/aromatic N) is 1. The summed E-state index contributed by atoms with van der Waals surface area (Å²) < 4.78 is 16.4. The average molecular weight is 774 g/mol. The first-order valence-corrected chi connectivity index (χ1v) is 18.7. The van der Waals surface area contributed by atoms with Gasteiger partial charge in [0.05, 0.1) is 19.2 Å². The van der Waals surface area contributed by atoms with Crippen LogP contribution in [0.15, 0.2) is 84.9 Å². The smallest absolute Gasteiger partial charge is 0.417 e. The van der Waals surface area contributed by atoms with Crippen molar-refractivity contribution in [3.05, 3.63) is 102 Å². The highest BCUT2D eigenvalue weighted by Crippen LogP contribution is 2.16. The van der Waals surface area contributed by atoms with Crippen molar-refractivity contribution in [1.29, 1.82) is 0 Å². The van der Waals surface area contributed by atoms with E-state index in [4.69, 9.17) is 19.9 Å². The standard InChI is InChI=1S/C42H55N5O9/c1-7-54-40(52)35(22-28(2)3)46-39(51)34(24-29-14-10-8-11-15-29)45-36(48)26-47(41(53)56-42(4,5)6)37(49)25-44-38(50)33(43)23-30-18-20-32(21-19-30)55-27-31-16-12-9-13-17-31/h8-21,28,33-35H,7,22-27,43H2,1-6H3,(H,44,50)(H,45,48)(H,46,51)/t33-,34-,35-/m0/s1. The molecule has 0 aliphatic heterocycles. The Morgan fingerprint density at radius 1 is 0.750 bits per heavy atom. The average Bonchev–Trinajstić information content (AvgIpc) is 3.15. The number of rotatable bonds is 19. The van der Waals surface area contributed by atoms with Crippen molar-refractivity contribution in [2.45, 2.75) is 91.1 Å². The van der Waals surface area contributed by atoms with Gasteiger partial charge in [-0.1, -0.05) is 86.6 Å². The minimum atomic E-state index is -1.20. The van der Waals surface area contributed by atoms with Crippen molar-refractivity contribution in [2.75, 3.05) is 19.7 Å². The van der Waals surface area contributed by atoms with Crippen LogP contribution in [0.2, 0.25) is 0 Å². The van der Waals surface area contributed by atoms with Crippen LogP contribution in [0, 0.1) is 5.92 Å². The highest BCUT2D eigenvalue weighted by molar-refractivity contribution is 5.99. The van der Waals surface area contributed by atoms with Gasteiger partial charge < -0.3 is 35.9 Å². The summed E-state index contributed by atoms with van der Waals surface area (Å²) in [6.07, 6.45) is -0.651. The van der Waals surface area contributed by atoms with Gasteiger partial charge >= 0.3 is 12.1 Å². The molecule has 14 nitrogen and oxygen atoms in total. The van der Waals surface area contributed by atoms with Crippen LogP contribution in [0.3, 0.4) is 0 Å². The minimum absolute atomic E-state index is 0.0346. The van der Waals surface area contributed by atoms with Crippen LogP contribution in [0.25, 0.3) is 0 Å². The zero-order chi connectivity index (χ0) is 41.3. The van der Waals surface area contributed by atoms with Gasteiger partial charge in [-0.25, -0.2) is 14.5 Å². The first-order chi connectivity index (χ1) is 26.5. The van der Waals surface area contributed by atoms with Gasteiger partial charge in [-0.2, -0.15) is 0 Å². The van der Waals surface area contributed by atoms with Crippen LogP contribution in [-0.4, -0.2) is 84.0 Å². The zero-order valence-electron chi connectivity index (χ0n) is 33.0. The molecule has 0 unspecified atom stereocenters. The molecule has 56 heavy (non-hydrogen) atoms. The number of amides is 5. The third-order valence-electron chi connectivity index (χ3n) is 8.12. The van der Waals surface area contributed by atoms with E-state index in [1.807, 2.05) is 44.2 Å². The maximum Gasteiger partial charge on any atom is 0.417 e. The lowest BCUT2D eigenvalue weighted by Gasteiger charge is -2.27. The van der Waals surface area contributed by atoms with E-state index in [0.29, 0.717) is 29.2 Å². The van der Waals surface area contributed by atoms with Gasteiger partial charge in [0.2, 0.25) is 17.7 Å². The number of nitrogens with one attached hydrogen (secondary N) is 3. The largest absolute Gasteiger partial charge is 0.489 e. The molecular formula is C42H55N5O9. The molecular weight excluding hydrogens is 718 g/mol. The molecule has 0 aromatic heterocycles. The number of carbonyl (C=O) groups excluding carboxylic acids is 6. The first-order valence-electron chi connectivity index (χ1n) is 18.7. The second-order valence-electron chi connectivity index (χ2n) is 14.7. The molecule has 0 aliphatic rings. The molecule has 0 radical (unpaired) electrons. The van der Waals surface area contributed by atoms with E-state index in [1.54, 1.807) is 82.3 Å². The van der Waals surface area contributed by atoms with Gasteiger partial charge in [-0.15, -0.1) is 0 Å². The summed E-state index contributed by atoms with van der Waals surface area (Å²) >= 11 is 0. The molecule has 0 saturated carbocycles. The summed E-state index contributed by atoms with van der Waals surface area (Å²) in [5.41, 5.74) is 7.61. The van der Waals surface area contributed by atoms with Crippen LogP contribution in [0.1, 0.15) is 64.7 Å². The predicted molar refractivity (Wildman–Crippen MR) is 210 cm³/mol. The van der Waals surface area contributed by atoms with Crippen molar-refractivity contribution >= 4 is 35.7 Å². The SMILES string of the molecule is CCOC(=O)[C@H](CC(C)C)NC(=O)[C@H](Cc1ccccc1)NC(=O)CN(C(=O)CNC(=O)[C@@H](N)Cc1ccc(OCc2ccccc2)cc1)C(=O)OC(C)(C)C. The van der Waals surface area contributed by atoms with Crippen LogP contribution in [-0.2, 0) is 52.9 Å². The Labute approximate surface area is 328 Å². The quantitative estimate of drug-likeness (QED) is 0.130. The van der Waals surface area contributed by atoms with Crippen molar-refractivity contribution in [3.8, 4) is 5.75 Å². The van der Waals surface area contributed by atoms with Crippen molar-refractivity contribution in [1.82, 2.24) is 20.9 Å². The summed E-state index contributed by atoms with van der Waals surface area (Å²) in [6, 6.07) is 22.5. The number of esters is 1. The molecule has 14 heteroatoms. The monoisotopic (exact) mass is 773 g/mol. The van der Waals surface area contributed by atoms with E-state index >= 15 is 0 Å². The summed E-state index contributed by atoms with van der Waals surface area (Å²) in [6.45, 7) is 9.23. The van der Waals surface area contributed by atoms with Gasteiger partial charge in [0.1, 0.15) is 36.6 Å². The Bertz CT molecular complexity index is 1750. The highest BCUT2D eigenvalue weighted by atomic mass is 16.6. The van der Waals surface area contributed by atoms with Gasteiger partial charge in [0, 0.05) is 6.42 Å². The molecule has 0 saturated heterocycles. The Balaban J connectivity index is 1.68. The minimum Gasteiger partial charge on any atom is -0.489 e. The van der Waals surface area contributed by atoms with Crippen LogP contribution >= 0.6 is 0 Å². The molecule has 302 valence electrons. The normalized spacial score (nSPS) is 12.7. The molecule has 0 fully saturated rings. The molecule has 0 bridgehead atoms. The van der Waals surface area contributed by atoms with Crippen molar-refractivity contribution in [3.63, 3.8) is 0 Å². The van der Waals surface area contributed by atoms with Gasteiger partial charge in [-0.3, -0.25) is 19.2 Å². The molecule has 3 aromatic rings. The maximum absolute atomic E-state index is 13.6. The Hall–Kier alpha value is -5.76. The molecule has 5 N–H and O–H groups in total. The van der Waals surface area contributed by atoms with E-state index in [1.165, 1.54) is 0 Å². The molecule has 0 spiro atoms. The summed E-state index contributed by atoms with van der Waals surface area (Å²) in [7, 11) is 0. The van der Waals surface area contributed by atoms with Gasteiger partial charge in [0.25, 0.3) is 5.91 Å². The second-order valence-corrected chi connectivity index (χ2v) is 14.7. The van der Waals surface area contributed by atoms with E-state index in [9.17, 15) is 28.8 Å². The fourth-order valence-electron chi connectivity index (χ4n) is 5.41. The zero-order valence-corrected chi connectivity index (χ0v) is 33.0. The van der Waals surface area contributed by atoms with E-state index < -0.39 is 72.5 Å². The molecule has 0 aliphatic carbocycles. The Kier molecular flexibility index (Phi) is 17.5. The fraction of sp³-hybridized carbons (Fsp3) is 0.429. The molecule has 3 atom stereocenters. The van der Waals surface area contributed by atoms with Crippen LogP contribution in [0.5, 0.6) is 5.75 Å². The molecule has 3 rings (SSSR count). The predicted octanol–water partition coefficient (Wildman–Crippen LogP) is 3.84. The summed E-state index contributed by atoms with van der Waals surface area (Å²) in [5, 5.41) is 7.75. The molecule has 3 aromatic carbocycles. The third kappa shape index (κ3) is 15.9. The van der Waals surface area contributed by atoms with Crippen LogP contribution in [0.4, 0.5) is 4.79 Å². The van der Waals surface area contributed by atoms with Crippen molar-refractivity contribution < 1.29 is 43.0 Å². The first kappa shape index (κ1) is 44.6. The molecule has 5 amide bonds. The highest BCUT2D eigenvalue weighted by Gasteiger charge is 2.33. The van der Waals surface area contributed by atoms with Crippen molar-refractivity contribution in [2.24, 2.45) is 11.7 Å². The fourth-order valence-corrected chi connectivity index (χ4v) is 5.41. The van der Waals surface area contributed by atoms with E-state index in [-0.39, 0.29) is 25.4 Å².